The van der Waals surface area contributed by atoms with Crippen LogP contribution in [0, 0.1) is 0 Å². The van der Waals surface area contributed by atoms with Crippen molar-refractivity contribution >= 4 is 50.1 Å². The summed E-state index contributed by atoms with van der Waals surface area (Å²) in [6.45, 7) is 1.18. The third-order valence-electron chi connectivity index (χ3n) is 5.83. The van der Waals surface area contributed by atoms with E-state index in [1.807, 2.05) is 73.8 Å². The van der Waals surface area contributed by atoms with E-state index in [1.54, 1.807) is 11.3 Å². The molecular weight excluding hydrogens is 434 g/mol. The molecular formula is C26H19N3O3S. The van der Waals surface area contributed by atoms with Gasteiger partial charge in [-0.1, -0.05) is 30.3 Å². The predicted molar refractivity (Wildman–Crippen MR) is 130 cm³/mol. The topological polar surface area (TPSA) is 79.5 Å². The number of nitrogens with zero attached hydrogens (tertiary/aromatic N) is 3. The van der Waals surface area contributed by atoms with Crippen LogP contribution in [0.1, 0.15) is 27.4 Å². The van der Waals surface area contributed by atoms with Crippen molar-refractivity contribution in [3.63, 3.8) is 0 Å². The van der Waals surface area contributed by atoms with Gasteiger partial charge < -0.3 is 9.52 Å². The number of hydrogen-bond acceptors (Lipinski definition) is 6. The first kappa shape index (κ1) is 19.8. The fraction of sp³-hybridized carbons (Fsp3) is 0.115. The van der Waals surface area contributed by atoms with Gasteiger partial charge in [0.1, 0.15) is 5.76 Å². The van der Waals surface area contributed by atoms with E-state index in [-0.39, 0.29) is 0 Å². The number of carbonyl (C=O) groups is 1. The van der Waals surface area contributed by atoms with Crippen LogP contribution in [0.25, 0.3) is 43.5 Å². The van der Waals surface area contributed by atoms with E-state index in [0.717, 1.165) is 32.1 Å². The fourth-order valence-electron chi connectivity index (χ4n) is 4.42. The number of rotatable bonds is 3. The molecule has 1 N–H and O–H groups in total. The van der Waals surface area contributed by atoms with Gasteiger partial charge in [0.25, 0.3) is 0 Å². The molecule has 2 aromatic carbocycles. The van der Waals surface area contributed by atoms with Crippen molar-refractivity contribution in [1.29, 1.82) is 0 Å². The Hall–Kier alpha value is -3.81. The first-order valence-electron chi connectivity index (χ1n) is 10.6. The number of thiazole rings is 1. The Bertz CT molecular complexity index is 1550. The summed E-state index contributed by atoms with van der Waals surface area (Å²) in [5.74, 6) is 0.466. The molecule has 0 amide bonds. The van der Waals surface area contributed by atoms with Crippen molar-refractivity contribution in [1.82, 2.24) is 14.9 Å². The average Bonchev–Trinajstić information content (AvgIpc) is 3.44. The zero-order chi connectivity index (χ0) is 22.5. The molecule has 162 valence electrons. The number of carboxylic acids is 1. The molecule has 0 spiro atoms. The first-order chi connectivity index (χ1) is 16.1. The van der Waals surface area contributed by atoms with Crippen LogP contribution in [0.4, 0.5) is 0 Å². The van der Waals surface area contributed by atoms with Crippen molar-refractivity contribution in [3.05, 3.63) is 83.2 Å². The molecule has 0 radical (unpaired) electrons. The number of pyridine rings is 1. The number of furan rings is 1. The van der Waals surface area contributed by atoms with E-state index < -0.39 is 5.97 Å². The summed E-state index contributed by atoms with van der Waals surface area (Å²) in [7, 11) is 1.98. The van der Waals surface area contributed by atoms with Crippen LogP contribution in [0.2, 0.25) is 0 Å². The van der Waals surface area contributed by atoms with Crippen molar-refractivity contribution in [2.24, 2.45) is 0 Å². The summed E-state index contributed by atoms with van der Waals surface area (Å²) in [6.07, 6.45) is 1.96. The van der Waals surface area contributed by atoms with E-state index in [2.05, 4.69) is 9.88 Å². The molecule has 1 aliphatic rings. The summed E-state index contributed by atoms with van der Waals surface area (Å²) in [6, 6.07) is 19.3. The van der Waals surface area contributed by atoms with Gasteiger partial charge in [0.2, 0.25) is 0 Å². The van der Waals surface area contributed by atoms with Crippen LogP contribution in [0.3, 0.4) is 0 Å². The molecule has 1 aliphatic heterocycles. The standard InChI is InChI=1S/C26H19N3O3S/c1-29-13-15(24-18(14-29)23(26(30)31)17-6-2-3-7-19(17)27-24)12-16-10-11-21(32-16)25-28-20-8-4-5-9-22(20)33-25/h2-12H,13-14H2,1H3,(H,30,31)/b15-12-. The number of hydrogen-bond donors (Lipinski definition) is 1. The largest absolute Gasteiger partial charge is 0.478 e. The van der Waals surface area contributed by atoms with Gasteiger partial charge in [-0.2, -0.15) is 0 Å². The van der Waals surface area contributed by atoms with Gasteiger partial charge in [-0.05, 0) is 49.0 Å². The van der Waals surface area contributed by atoms with Gasteiger partial charge in [0.05, 0.1) is 27.0 Å². The van der Waals surface area contributed by atoms with E-state index in [9.17, 15) is 9.90 Å². The third-order valence-corrected chi connectivity index (χ3v) is 6.88. The highest BCUT2D eigenvalue weighted by molar-refractivity contribution is 7.21. The Kier molecular flexibility index (Phi) is 4.60. The van der Waals surface area contributed by atoms with Gasteiger partial charge in [-0.3, -0.25) is 4.90 Å². The fourth-order valence-corrected chi connectivity index (χ4v) is 5.34. The van der Waals surface area contributed by atoms with E-state index >= 15 is 0 Å². The molecule has 0 unspecified atom stereocenters. The minimum atomic E-state index is -0.935. The summed E-state index contributed by atoms with van der Waals surface area (Å²) >= 11 is 1.59. The Labute approximate surface area is 193 Å². The van der Waals surface area contributed by atoms with Crippen molar-refractivity contribution in [3.8, 4) is 10.8 Å². The molecule has 0 fully saturated rings. The zero-order valence-electron chi connectivity index (χ0n) is 17.8. The van der Waals surface area contributed by atoms with Gasteiger partial charge in [0, 0.05) is 24.0 Å². The van der Waals surface area contributed by atoms with Crippen LogP contribution >= 0.6 is 11.3 Å². The van der Waals surface area contributed by atoms with Crippen LogP contribution in [-0.4, -0.2) is 39.5 Å². The molecule has 0 saturated heterocycles. The summed E-state index contributed by atoms with van der Waals surface area (Å²) < 4.78 is 7.24. The van der Waals surface area contributed by atoms with Gasteiger partial charge in [0.15, 0.2) is 10.8 Å². The lowest BCUT2D eigenvalue weighted by Gasteiger charge is -2.28. The van der Waals surface area contributed by atoms with Gasteiger partial charge in [-0.25, -0.2) is 14.8 Å². The number of benzene rings is 2. The van der Waals surface area contributed by atoms with Crippen LogP contribution in [0.15, 0.2) is 65.1 Å². The monoisotopic (exact) mass is 453 g/mol. The van der Waals surface area contributed by atoms with Gasteiger partial charge >= 0.3 is 5.97 Å². The lowest BCUT2D eigenvalue weighted by Crippen LogP contribution is -2.28. The Morgan fingerprint density at radius 3 is 2.64 bits per heavy atom. The van der Waals surface area contributed by atoms with Gasteiger partial charge in [-0.15, -0.1) is 11.3 Å². The highest BCUT2D eigenvalue weighted by Gasteiger charge is 2.27. The second-order valence-corrected chi connectivity index (χ2v) is 9.20. The Morgan fingerprint density at radius 2 is 1.82 bits per heavy atom. The highest BCUT2D eigenvalue weighted by Crippen LogP contribution is 2.35. The molecule has 5 aromatic rings. The van der Waals surface area contributed by atoms with E-state index in [4.69, 9.17) is 9.40 Å². The molecule has 0 bridgehead atoms. The molecule has 7 heteroatoms. The maximum absolute atomic E-state index is 12.2. The number of fused-ring (bicyclic) bond motifs is 3. The molecule has 6 nitrogen and oxygen atoms in total. The predicted octanol–water partition coefficient (Wildman–Crippen LogP) is 5.79. The second-order valence-electron chi connectivity index (χ2n) is 8.17. The minimum absolute atomic E-state index is 0.322. The number of carboxylic acid groups (broad SMARTS) is 1. The van der Waals surface area contributed by atoms with E-state index in [0.29, 0.717) is 41.1 Å². The number of aromatic nitrogens is 2. The number of aromatic carboxylic acids is 1. The maximum Gasteiger partial charge on any atom is 0.336 e. The molecule has 33 heavy (non-hydrogen) atoms. The Morgan fingerprint density at radius 1 is 1.03 bits per heavy atom. The summed E-state index contributed by atoms with van der Waals surface area (Å²) in [4.78, 5) is 23.8. The molecule has 6 rings (SSSR count). The SMILES string of the molecule is CN1C/C(=C/c2ccc(-c3nc4ccccc4s3)o2)c2nc3ccccc3c(C(=O)O)c2C1. The Balaban J connectivity index is 1.46. The first-order valence-corrected chi connectivity index (χ1v) is 11.4. The van der Waals surface area contributed by atoms with Crippen LogP contribution in [0.5, 0.6) is 0 Å². The molecule has 0 saturated carbocycles. The van der Waals surface area contributed by atoms with Crippen LogP contribution < -0.4 is 0 Å². The van der Waals surface area contributed by atoms with Crippen molar-refractivity contribution in [2.45, 2.75) is 6.54 Å². The second kappa shape index (κ2) is 7.65. The minimum Gasteiger partial charge on any atom is -0.478 e. The highest BCUT2D eigenvalue weighted by atomic mass is 32.1. The molecule has 4 heterocycles. The lowest BCUT2D eigenvalue weighted by atomic mass is 9.93. The molecule has 0 atom stereocenters. The van der Waals surface area contributed by atoms with Crippen molar-refractivity contribution in [2.75, 3.05) is 13.6 Å². The number of para-hydroxylation sites is 2. The zero-order valence-corrected chi connectivity index (χ0v) is 18.6. The smallest absolute Gasteiger partial charge is 0.336 e. The third kappa shape index (κ3) is 3.42. The summed E-state index contributed by atoms with van der Waals surface area (Å²) in [5.41, 5.74) is 4.34. The molecule has 0 aliphatic carbocycles. The van der Waals surface area contributed by atoms with Crippen LogP contribution in [-0.2, 0) is 6.54 Å². The maximum atomic E-state index is 12.2. The molecule has 3 aromatic heterocycles. The lowest BCUT2D eigenvalue weighted by molar-refractivity contribution is 0.0696. The number of likely N-dealkylation sites (N-methyl/N-ethyl adjacent to an activating group) is 1. The van der Waals surface area contributed by atoms with Crippen molar-refractivity contribution < 1.29 is 14.3 Å². The van der Waals surface area contributed by atoms with E-state index in [1.165, 1.54) is 0 Å². The normalized spacial score (nSPS) is 15.4. The summed E-state index contributed by atoms with van der Waals surface area (Å²) in [5, 5.41) is 11.5. The average molecular weight is 454 g/mol. The quantitative estimate of drug-likeness (QED) is 0.373.